The summed E-state index contributed by atoms with van der Waals surface area (Å²) in [7, 11) is -1.47. The molecule has 1 heterocycles. The largest absolute Gasteiger partial charge is 0.382 e. The molecule has 0 atom stereocenters. The van der Waals surface area contributed by atoms with Crippen molar-refractivity contribution in [3.63, 3.8) is 0 Å². The second-order valence-electron chi connectivity index (χ2n) is 4.83. The summed E-state index contributed by atoms with van der Waals surface area (Å²) in [6.45, 7) is 7.80. The van der Waals surface area contributed by atoms with E-state index in [1.807, 2.05) is 11.9 Å². The van der Waals surface area contributed by atoms with Gasteiger partial charge >= 0.3 is 0 Å². The molecule has 0 aliphatic heterocycles. The van der Waals surface area contributed by atoms with Gasteiger partial charge in [0.05, 0.1) is 5.75 Å². The normalized spacial score (nSPS) is 12.7. The smallest absolute Gasteiger partial charge is 0.184 e. The van der Waals surface area contributed by atoms with E-state index in [9.17, 15) is 8.42 Å². The van der Waals surface area contributed by atoms with Gasteiger partial charge in [-0.3, -0.25) is 0 Å². The molecule has 0 spiro atoms. The molecule has 1 rings (SSSR count). The highest BCUT2D eigenvalue weighted by Gasteiger charge is 2.31. The molecule has 5 nitrogen and oxygen atoms in total. The van der Waals surface area contributed by atoms with Crippen molar-refractivity contribution in [2.45, 2.75) is 44.6 Å². The molecule has 18 heavy (non-hydrogen) atoms. The van der Waals surface area contributed by atoms with Gasteiger partial charge < -0.3 is 10.6 Å². The molecule has 104 valence electrons. The van der Waals surface area contributed by atoms with Crippen LogP contribution in [-0.2, 0) is 9.84 Å². The summed E-state index contributed by atoms with van der Waals surface area (Å²) in [5.41, 5.74) is 5.58. The SMILES string of the molecule is CCC(C)(C)N(C)c1snc(N)c1S(=O)(=O)CC. The Labute approximate surface area is 113 Å². The average Bonchev–Trinajstić information content (AvgIpc) is 2.70. The van der Waals surface area contributed by atoms with Crippen molar-refractivity contribution in [3.05, 3.63) is 0 Å². The van der Waals surface area contributed by atoms with Crippen LogP contribution in [0.25, 0.3) is 0 Å². The standard InChI is InChI=1S/C11H21N3O2S2/c1-6-11(3,4)14(5)10-8(9(12)13-17-10)18(15,16)7-2/h6-7H2,1-5H3,(H2,12,13). The van der Waals surface area contributed by atoms with Crippen LogP contribution in [0.15, 0.2) is 4.90 Å². The first-order valence-corrected chi connectivity index (χ1v) is 8.31. The lowest BCUT2D eigenvalue weighted by molar-refractivity contribution is 0.471. The van der Waals surface area contributed by atoms with Gasteiger partial charge in [0.15, 0.2) is 15.7 Å². The summed E-state index contributed by atoms with van der Waals surface area (Å²) in [5, 5.41) is 0.626. The number of rotatable bonds is 5. The van der Waals surface area contributed by atoms with Crippen molar-refractivity contribution in [1.29, 1.82) is 0 Å². The number of nitrogens with two attached hydrogens (primary N) is 1. The molecule has 0 unspecified atom stereocenters. The molecule has 0 aromatic carbocycles. The highest BCUT2D eigenvalue weighted by Crippen LogP contribution is 2.38. The maximum absolute atomic E-state index is 12.1. The molecule has 0 aliphatic carbocycles. The fraction of sp³-hybridized carbons (Fsp3) is 0.727. The third-order valence-corrected chi connectivity index (χ3v) is 6.28. The van der Waals surface area contributed by atoms with Crippen LogP contribution in [-0.4, -0.2) is 31.1 Å². The summed E-state index contributed by atoms with van der Waals surface area (Å²) >= 11 is 1.14. The highest BCUT2D eigenvalue weighted by molar-refractivity contribution is 7.91. The molecule has 0 saturated heterocycles. The van der Waals surface area contributed by atoms with Crippen molar-refractivity contribution in [3.8, 4) is 0 Å². The van der Waals surface area contributed by atoms with Gasteiger partial charge in [0, 0.05) is 12.6 Å². The number of aromatic nitrogens is 1. The third-order valence-electron chi connectivity index (χ3n) is 3.43. The summed E-state index contributed by atoms with van der Waals surface area (Å²) in [6, 6.07) is 0. The van der Waals surface area contributed by atoms with Gasteiger partial charge in [-0.25, -0.2) is 8.42 Å². The van der Waals surface area contributed by atoms with Crippen LogP contribution in [0, 0.1) is 0 Å². The molecule has 0 bridgehead atoms. The van der Waals surface area contributed by atoms with Crippen LogP contribution in [0.2, 0.25) is 0 Å². The van der Waals surface area contributed by atoms with Gasteiger partial charge in [0.1, 0.15) is 9.90 Å². The zero-order valence-electron chi connectivity index (χ0n) is 11.5. The van der Waals surface area contributed by atoms with Crippen molar-refractivity contribution in [1.82, 2.24) is 4.37 Å². The molecule has 1 aromatic rings. The quantitative estimate of drug-likeness (QED) is 0.899. The number of anilines is 2. The Morgan fingerprint density at radius 2 is 1.94 bits per heavy atom. The minimum atomic E-state index is -3.35. The molecule has 0 amide bonds. The first kappa shape index (κ1) is 15.2. The predicted octanol–water partition coefficient (Wildman–Crippen LogP) is 2.14. The van der Waals surface area contributed by atoms with E-state index in [2.05, 4.69) is 25.1 Å². The average molecular weight is 291 g/mol. The number of nitrogens with zero attached hydrogens (tertiary/aromatic N) is 2. The van der Waals surface area contributed by atoms with Crippen molar-refractivity contribution < 1.29 is 8.42 Å². The molecule has 2 N–H and O–H groups in total. The fourth-order valence-corrected chi connectivity index (χ4v) is 3.89. The lowest BCUT2D eigenvalue weighted by atomic mass is 10.0. The topological polar surface area (TPSA) is 76.3 Å². The maximum atomic E-state index is 12.1. The number of hydrogen-bond donors (Lipinski definition) is 1. The zero-order valence-corrected chi connectivity index (χ0v) is 13.2. The Morgan fingerprint density at radius 1 is 1.39 bits per heavy atom. The summed E-state index contributed by atoms with van der Waals surface area (Å²) in [6.07, 6.45) is 0.896. The van der Waals surface area contributed by atoms with E-state index in [-0.39, 0.29) is 22.0 Å². The minimum Gasteiger partial charge on any atom is -0.382 e. The first-order chi connectivity index (χ1) is 8.17. The van der Waals surface area contributed by atoms with Gasteiger partial charge in [-0.15, -0.1) is 0 Å². The van der Waals surface area contributed by atoms with E-state index in [0.717, 1.165) is 18.0 Å². The lowest BCUT2D eigenvalue weighted by Crippen LogP contribution is -2.40. The van der Waals surface area contributed by atoms with Gasteiger partial charge in [0.25, 0.3) is 0 Å². The fourth-order valence-electron chi connectivity index (χ4n) is 1.45. The second-order valence-corrected chi connectivity index (χ2v) is 7.80. The summed E-state index contributed by atoms with van der Waals surface area (Å²) < 4.78 is 28.2. The van der Waals surface area contributed by atoms with Gasteiger partial charge in [0.2, 0.25) is 0 Å². The maximum Gasteiger partial charge on any atom is 0.184 e. The lowest BCUT2D eigenvalue weighted by Gasteiger charge is -2.35. The molecular formula is C11H21N3O2S2. The van der Waals surface area contributed by atoms with Crippen molar-refractivity contribution >= 4 is 32.2 Å². The molecule has 0 aliphatic rings. The molecular weight excluding hydrogens is 270 g/mol. The van der Waals surface area contributed by atoms with Crippen molar-refractivity contribution in [2.75, 3.05) is 23.4 Å². The molecule has 0 fully saturated rings. The Hall–Kier alpha value is -0.820. The van der Waals surface area contributed by atoms with Crippen LogP contribution in [0.4, 0.5) is 10.8 Å². The van der Waals surface area contributed by atoms with Gasteiger partial charge in [-0.05, 0) is 31.8 Å². The first-order valence-electron chi connectivity index (χ1n) is 5.89. The van der Waals surface area contributed by atoms with E-state index < -0.39 is 9.84 Å². The molecule has 0 saturated carbocycles. The molecule has 1 aromatic heterocycles. The Kier molecular flexibility index (Phi) is 4.27. The molecule has 7 heteroatoms. The van der Waals surface area contributed by atoms with E-state index in [0.29, 0.717) is 5.00 Å². The predicted molar refractivity (Wildman–Crippen MR) is 77.0 cm³/mol. The summed E-state index contributed by atoms with van der Waals surface area (Å²) in [4.78, 5) is 2.13. The van der Waals surface area contributed by atoms with Gasteiger partial charge in [-0.1, -0.05) is 13.8 Å². The van der Waals surface area contributed by atoms with E-state index in [1.165, 1.54) is 0 Å². The monoisotopic (exact) mass is 291 g/mol. The van der Waals surface area contributed by atoms with Crippen LogP contribution in [0.1, 0.15) is 34.1 Å². The number of nitrogen functional groups attached to an aromatic ring is 1. The van der Waals surface area contributed by atoms with E-state index >= 15 is 0 Å². The molecule has 0 radical (unpaired) electrons. The minimum absolute atomic E-state index is 0.0308. The van der Waals surface area contributed by atoms with Crippen LogP contribution in [0.3, 0.4) is 0 Å². The van der Waals surface area contributed by atoms with E-state index in [1.54, 1.807) is 6.92 Å². The van der Waals surface area contributed by atoms with Crippen molar-refractivity contribution in [2.24, 2.45) is 0 Å². The Balaban J connectivity index is 3.37. The van der Waals surface area contributed by atoms with E-state index in [4.69, 9.17) is 5.73 Å². The summed E-state index contributed by atoms with van der Waals surface area (Å²) in [5.74, 6) is 0.138. The van der Waals surface area contributed by atoms with Crippen LogP contribution < -0.4 is 10.6 Å². The second kappa shape index (κ2) is 5.05. The highest BCUT2D eigenvalue weighted by atomic mass is 32.2. The van der Waals surface area contributed by atoms with Gasteiger partial charge in [-0.2, -0.15) is 4.37 Å². The van der Waals surface area contributed by atoms with Crippen LogP contribution >= 0.6 is 11.5 Å². The van der Waals surface area contributed by atoms with Crippen LogP contribution in [0.5, 0.6) is 0 Å². The Morgan fingerprint density at radius 3 is 2.39 bits per heavy atom. The zero-order chi connectivity index (χ0) is 14.1. The third kappa shape index (κ3) is 2.61. The number of hydrogen-bond acceptors (Lipinski definition) is 6. The Bertz CT molecular complexity index is 520. The number of sulfone groups is 1.